The Morgan fingerprint density at radius 3 is 2.50 bits per heavy atom. The van der Waals surface area contributed by atoms with Crippen molar-refractivity contribution in [1.82, 2.24) is 9.80 Å². The summed E-state index contributed by atoms with van der Waals surface area (Å²) in [6.07, 6.45) is 0.367. The first-order chi connectivity index (χ1) is 11.5. The molecule has 0 aliphatic carbocycles. The number of amides is 1. The zero-order chi connectivity index (χ0) is 17.1. The molecule has 0 spiro atoms. The van der Waals surface area contributed by atoms with E-state index in [0.29, 0.717) is 11.8 Å². The molecule has 0 N–H and O–H groups in total. The highest BCUT2D eigenvalue weighted by molar-refractivity contribution is 5.81. The minimum absolute atomic E-state index is 0.0338. The molecule has 1 amide bonds. The number of hydrogen-bond acceptors (Lipinski definition) is 4. The predicted molar refractivity (Wildman–Crippen MR) is 86.5 cm³/mol. The van der Waals surface area contributed by atoms with Crippen LogP contribution in [0.4, 0.5) is 4.39 Å². The van der Waals surface area contributed by atoms with Crippen LogP contribution in [0.5, 0.6) is 0 Å². The summed E-state index contributed by atoms with van der Waals surface area (Å²) < 4.78 is 17.8. The lowest BCUT2D eigenvalue weighted by molar-refractivity contribution is -0.143. The van der Waals surface area contributed by atoms with E-state index in [1.165, 1.54) is 13.2 Å². The lowest BCUT2D eigenvalue weighted by atomic mass is 10.0. The summed E-state index contributed by atoms with van der Waals surface area (Å²) >= 11 is 0. The van der Waals surface area contributed by atoms with Gasteiger partial charge < -0.3 is 9.64 Å². The third-order valence-corrected chi connectivity index (χ3v) is 4.98. The zero-order valence-corrected chi connectivity index (χ0v) is 13.9. The first-order valence-corrected chi connectivity index (χ1v) is 8.36. The molecule has 0 radical (unpaired) electrons. The van der Waals surface area contributed by atoms with Crippen LogP contribution in [0.2, 0.25) is 0 Å². The fraction of sp³-hybridized carbons (Fsp3) is 0.556. The molecule has 5 nitrogen and oxygen atoms in total. The maximum absolute atomic E-state index is 13.3. The molecule has 1 aromatic rings. The summed E-state index contributed by atoms with van der Waals surface area (Å²) in [5, 5.41) is 0. The van der Waals surface area contributed by atoms with Gasteiger partial charge in [0.1, 0.15) is 5.82 Å². The molecule has 1 aromatic carbocycles. The van der Waals surface area contributed by atoms with Gasteiger partial charge in [-0.15, -0.1) is 0 Å². The second-order valence-corrected chi connectivity index (χ2v) is 6.72. The number of nitrogens with zero attached hydrogens (tertiary/aromatic N) is 2. The van der Waals surface area contributed by atoms with Gasteiger partial charge in [-0.3, -0.25) is 14.5 Å². The Labute approximate surface area is 141 Å². The van der Waals surface area contributed by atoms with Gasteiger partial charge in [0.2, 0.25) is 5.91 Å². The number of methoxy groups -OCH3 is 1. The van der Waals surface area contributed by atoms with Crippen LogP contribution in [0, 0.1) is 17.7 Å². The molecule has 0 saturated carbocycles. The lowest BCUT2D eigenvalue weighted by Crippen LogP contribution is -2.33. The average molecular weight is 334 g/mol. The van der Waals surface area contributed by atoms with Crippen LogP contribution in [0.3, 0.4) is 0 Å². The van der Waals surface area contributed by atoms with Gasteiger partial charge in [0.15, 0.2) is 0 Å². The standard InChI is InChI=1S/C18H23FN2O3/c1-24-18(23)6-5-17(22)21-11-14-9-20(10-15(14)12-21)8-13-3-2-4-16(19)7-13/h2-4,7,14-15H,5-6,8-12H2,1H3. The monoisotopic (exact) mass is 334 g/mol. The van der Waals surface area contributed by atoms with Crippen LogP contribution in [0.1, 0.15) is 18.4 Å². The van der Waals surface area contributed by atoms with Crippen LogP contribution in [-0.2, 0) is 20.9 Å². The van der Waals surface area contributed by atoms with Crippen molar-refractivity contribution in [3.05, 3.63) is 35.6 Å². The summed E-state index contributed by atoms with van der Waals surface area (Å²) in [7, 11) is 1.33. The normalized spacial score (nSPS) is 23.3. The van der Waals surface area contributed by atoms with Crippen molar-refractivity contribution in [2.75, 3.05) is 33.3 Å². The Hall–Kier alpha value is -1.95. The fourth-order valence-corrected chi connectivity index (χ4v) is 3.79. The summed E-state index contributed by atoms with van der Waals surface area (Å²) in [4.78, 5) is 27.5. The van der Waals surface area contributed by atoms with Gasteiger partial charge >= 0.3 is 5.97 Å². The third-order valence-electron chi connectivity index (χ3n) is 4.98. The number of likely N-dealkylation sites (tertiary alicyclic amines) is 2. The van der Waals surface area contributed by atoms with Gasteiger partial charge in [0.25, 0.3) is 0 Å². The van der Waals surface area contributed by atoms with Crippen molar-refractivity contribution in [2.45, 2.75) is 19.4 Å². The van der Waals surface area contributed by atoms with Gasteiger partial charge in [-0.05, 0) is 29.5 Å². The summed E-state index contributed by atoms with van der Waals surface area (Å²) in [6, 6.07) is 6.72. The van der Waals surface area contributed by atoms with Gasteiger partial charge in [0, 0.05) is 39.1 Å². The van der Waals surface area contributed by atoms with E-state index in [4.69, 9.17) is 0 Å². The van der Waals surface area contributed by atoms with Crippen LogP contribution < -0.4 is 0 Å². The number of benzene rings is 1. The van der Waals surface area contributed by atoms with E-state index in [9.17, 15) is 14.0 Å². The Morgan fingerprint density at radius 2 is 1.88 bits per heavy atom. The van der Waals surface area contributed by atoms with E-state index in [1.807, 2.05) is 11.0 Å². The molecular formula is C18H23FN2O3. The molecule has 2 aliphatic heterocycles. The molecule has 2 unspecified atom stereocenters. The van der Waals surface area contributed by atoms with E-state index >= 15 is 0 Å². The molecule has 2 saturated heterocycles. The number of halogens is 1. The van der Waals surface area contributed by atoms with Crippen molar-refractivity contribution in [2.24, 2.45) is 11.8 Å². The van der Waals surface area contributed by atoms with E-state index in [2.05, 4.69) is 9.64 Å². The minimum atomic E-state index is -0.344. The quantitative estimate of drug-likeness (QED) is 0.769. The predicted octanol–water partition coefficient (Wildman–Crippen LogP) is 1.67. The molecule has 130 valence electrons. The molecule has 0 aromatic heterocycles. The molecule has 6 heteroatoms. The number of fused-ring (bicyclic) bond motifs is 1. The van der Waals surface area contributed by atoms with E-state index in [0.717, 1.165) is 38.3 Å². The highest BCUT2D eigenvalue weighted by atomic mass is 19.1. The second-order valence-electron chi connectivity index (χ2n) is 6.72. The first-order valence-electron chi connectivity index (χ1n) is 8.36. The SMILES string of the molecule is COC(=O)CCC(=O)N1CC2CN(Cc3cccc(F)c3)CC2C1. The van der Waals surface area contributed by atoms with Crippen molar-refractivity contribution >= 4 is 11.9 Å². The Bertz CT molecular complexity index is 608. The van der Waals surface area contributed by atoms with Crippen LogP contribution in [0.15, 0.2) is 24.3 Å². The minimum Gasteiger partial charge on any atom is -0.469 e. The van der Waals surface area contributed by atoms with Crippen molar-refractivity contribution in [3.8, 4) is 0 Å². The summed E-state index contributed by atoms with van der Waals surface area (Å²) in [5.74, 6) is 0.436. The molecule has 2 aliphatic rings. The summed E-state index contributed by atoms with van der Waals surface area (Å²) in [5.41, 5.74) is 0.987. The molecule has 24 heavy (non-hydrogen) atoms. The summed E-state index contributed by atoms with van der Waals surface area (Å²) in [6.45, 7) is 4.12. The van der Waals surface area contributed by atoms with Crippen LogP contribution in [0.25, 0.3) is 0 Å². The second kappa shape index (κ2) is 7.30. The van der Waals surface area contributed by atoms with Crippen molar-refractivity contribution < 1.29 is 18.7 Å². The van der Waals surface area contributed by atoms with Gasteiger partial charge in [-0.2, -0.15) is 0 Å². The van der Waals surface area contributed by atoms with Crippen molar-refractivity contribution in [3.63, 3.8) is 0 Å². The number of carbonyl (C=O) groups is 2. The van der Waals surface area contributed by atoms with E-state index < -0.39 is 0 Å². The van der Waals surface area contributed by atoms with Gasteiger partial charge in [-0.25, -0.2) is 4.39 Å². The largest absolute Gasteiger partial charge is 0.469 e. The number of ether oxygens (including phenoxy) is 1. The van der Waals surface area contributed by atoms with Crippen LogP contribution >= 0.6 is 0 Å². The topological polar surface area (TPSA) is 49.9 Å². The smallest absolute Gasteiger partial charge is 0.306 e. The first kappa shape index (κ1) is 16.9. The Morgan fingerprint density at radius 1 is 1.17 bits per heavy atom. The average Bonchev–Trinajstić information content (AvgIpc) is 3.10. The third kappa shape index (κ3) is 3.93. The molecule has 0 bridgehead atoms. The van der Waals surface area contributed by atoms with Crippen LogP contribution in [-0.4, -0.2) is 55.0 Å². The van der Waals surface area contributed by atoms with Crippen molar-refractivity contribution in [1.29, 1.82) is 0 Å². The van der Waals surface area contributed by atoms with E-state index in [-0.39, 0.29) is 30.5 Å². The number of esters is 1. The number of rotatable bonds is 5. The maximum Gasteiger partial charge on any atom is 0.306 e. The maximum atomic E-state index is 13.3. The molecule has 2 heterocycles. The van der Waals surface area contributed by atoms with E-state index in [1.54, 1.807) is 12.1 Å². The Kier molecular flexibility index (Phi) is 5.14. The number of hydrogen-bond donors (Lipinski definition) is 0. The fourth-order valence-electron chi connectivity index (χ4n) is 3.79. The van der Waals surface area contributed by atoms with Gasteiger partial charge in [-0.1, -0.05) is 12.1 Å². The zero-order valence-electron chi connectivity index (χ0n) is 13.9. The highest BCUT2D eigenvalue weighted by Gasteiger charge is 2.41. The number of carbonyl (C=O) groups excluding carboxylic acids is 2. The van der Waals surface area contributed by atoms with Gasteiger partial charge in [0.05, 0.1) is 13.5 Å². The Balaban J connectivity index is 1.47. The molecular weight excluding hydrogens is 311 g/mol. The highest BCUT2D eigenvalue weighted by Crippen LogP contribution is 2.32. The molecule has 2 fully saturated rings. The molecule has 2 atom stereocenters. The lowest BCUT2D eigenvalue weighted by Gasteiger charge is -2.21. The molecule has 3 rings (SSSR count).